The van der Waals surface area contributed by atoms with Crippen LogP contribution in [0, 0.1) is 10.5 Å². The van der Waals surface area contributed by atoms with Crippen LogP contribution in [0.4, 0.5) is 0 Å². The predicted octanol–water partition coefficient (Wildman–Crippen LogP) is 2.25. The van der Waals surface area contributed by atoms with Gasteiger partial charge in [-0.1, -0.05) is 6.07 Å². The van der Waals surface area contributed by atoms with Gasteiger partial charge in [-0.3, -0.25) is 4.79 Å². The van der Waals surface area contributed by atoms with Gasteiger partial charge in [0.15, 0.2) is 0 Å². The molecule has 0 spiro atoms. The molecule has 1 radical (unpaired) electrons. The molecular formula is C9H8IO. The topological polar surface area (TPSA) is 17.1 Å². The highest BCUT2D eigenvalue weighted by Crippen LogP contribution is 2.12. The van der Waals surface area contributed by atoms with Crippen molar-refractivity contribution in [3.8, 4) is 0 Å². The maximum atomic E-state index is 10.1. The lowest BCUT2D eigenvalue weighted by Crippen LogP contribution is -1.90. The number of hydrogen-bond acceptors (Lipinski definition) is 1. The Labute approximate surface area is 79.9 Å². The summed E-state index contributed by atoms with van der Waals surface area (Å²) in [6.07, 6.45) is 2.30. The molecule has 0 aromatic heterocycles. The highest BCUT2D eigenvalue weighted by atomic mass is 127. The Morgan fingerprint density at radius 1 is 1.55 bits per heavy atom. The molecule has 0 fully saturated rings. The first kappa shape index (κ1) is 8.71. The monoisotopic (exact) mass is 259 g/mol. The van der Waals surface area contributed by atoms with Crippen molar-refractivity contribution < 1.29 is 4.79 Å². The Balaban J connectivity index is 3.01. The molecule has 1 nitrogen and oxygen atoms in total. The summed E-state index contributed by atoms with van der Waals surface area (Å²) in [6, 6.07) is 6.07. The van der Waals surface area contributed by atoms with Crippen molar-refractivity contribution in [2.24, 2.45) is 0 Å². The van der Waals surface area contributed by atoms with Gasteiger partial charge in [0.1, 0.15) is 0 Å². The standard InChI is InChI=1S/C9H8IO/c1-7-2-3-9(10)6-8(7)4-5-11/h2-3,6H,4H2,1H3. The molecule has 0 atom stereocenters. The Hall–Kier alpha value is -0.380. The maximum absolute atomic E-state index is 10.1. The quantitative estimate of drug-likeness (QED) is 0.744. The van der Waals surface area contributed by atoms with E-state index < -0.39 is 0 Å². The SMILES string of the molecule is Cc1ccc(I)cc1C[C]=O. The Kier molecular flexibility index (Phi) is 3.05. The van der Waals surface area contributed by atoms with Crippen molar-refractivity contribution in [1.82, 2.24) is 0 Å². The maximum Gasteiger partial charge on any atom is 0.203 e. The molecule has 2 heteroatoms. The van der Waals surface area contributed by atoms with Crippen LogP contribution in [0.3, 0.4) is 0 Å². The highest BCUT2D eigenvalue weighted by molar-refractivity contribution is 14.1. The zero-order valence-electron chi connectivity index (χ0n) is 6.23. The third-order valence-electron chi connectivity index (χ3n) is 1.57. The fourth-order valence-electron chi connectivity index (χ4n) is 0.908. The average Bonchev–Trinajstić information content (AvgIpc) is 1.98. The van der Waals surface area contributed by atoms with Crippen LogP contribution in [-0.4, -0.2) is 6.29 Å². The molecule has 0 aliphatic heterocycles. The molecule has 0 unspecified atom stereocenters. The van der Waals surface area contributed by atoms with E-state index in [1.54, 1.807) is 0 Å². The van der Waals surface area contributed by atoms with Crippen LogP contribution in [0.2, 0.25) is 0 Å². The van der Waals surface area contributed by atoms with E-state index in [2.05, 4.69) is 22.6 Å². The van der Waals surface area contributed by atoms with E-state index >= 15 is 0 Å². The third kappa shape index (κ3) is 2.29. The van der Waals surface area contributed by atoms with Crippen molar-refractivity contribution >= 4 is 28.9 Å². The van der Waals surface area contributed by atoms with E-state index in [1.807, 2.05) is 31.4 Å². The van der Waals surface area contributed by atoms with E-state index in [0.717, 1.165) is 11.1 Å². The summed E-state index contributed by atoms with van der Waals surface area (Å²) in [4.78, 5) is 10.1. The van der Waals surface area contributed by atoms with Crippen LogP contribution in [0.25, 0.3) is 0 Å². The normalized spacial score (nSPS) is 9.64. The van der Waals surface area contributed by atoms with Gasteiger partial charge in [0.05, 0.1) is 0 Å². The summed E-state index contributed by atoms with van der Waals surface area (Å²) in [5, 5.41) is 0. The molecule has 1 aromatic rings. The van der Waals surface area contributed by atoms with Gasteiger partial charge >= 0.3 is 0 Å². The van der Waals surface area contributed by atoms with E-state index in [-0.39, 0.29) is 0 Å². The van der Waals surface area contributed by atoms with E-state index in [0.29, 0.717) is 6.42 Å². The number of hydrogen-bond donors (Lipinski definition) is 0. The van der Waals surface area contributed by atoms with E-state index in [1.165, 1.54) is 3.57 Å². The van der Waals surface area contributed by atoms with Crippen molar-refractivity contribution in [1.29, 1.82) is 0 Å². The molecule has 1 aromatic carbocycles. The molecule has 0 N–H and O–H groups in total. The molecule has 0 amide bonds. The van der Waals surface area contributed by atoms with Crippen LogP contribution in [-0.2, 0) is 11.2 Å². The number of rotatable bonds is 2. The van der Waals surface area contributed by atoms with Crippen molar-refractivity contribution in [2.75, 3.05) is 0 Å². The summed E-state index contributed by atoms with van der Waals surface area (Å²) in [6.45, 7) is 2.00. The summed E-state index contributed by atoms with van der Waals surface area (Å²) in [7, 11) is 0. The number of halogens is 1. The van der Waals surface area contributed by atoms with Gasteiger partial charge in [0.25, 0.3) is 0 Å². The van der Waals surface area contributed by atoms with E-state index in [4.69, 9.17) is 0 Å². The Bertz CT molecular complexity index is 268. The zero-order valence-corrected chi connectivity index (χ0v) is 8.38. The molecule has 57 valence electrons. The molecule has 0 aliphatic carbocycles. The Morgan fingerprint density at radius 3 is 2.91 bits per heavy atom. The van der Waals surface area contributed by atoms with Gasteiger partial charge in [0, 0.05) is 9.99 Å². The van der Waals surface area contributed by atoms with Crippen LogP contribution >= 0.6 is 22.6 Å². The molecular weight excluding hydrogens is 251 g/mol. The second kappa shape index (κ2) is 3.85. The van der Waals surface area contributed by atoms with Crippen LogP contribution < -0.4 is 0 Å². The molecule has 0 heterocycles. The molecule has 0 bridgehead atoms. The van der Waals surface area contributed by atoms with Gasteiger partial charge < -0.3 is 0 Å². The van der Waals surface area contributed by atoms with E-state index in [9.17, 15) is 4.79 Å². The van der Waals surface area contributed by atoms with Crippen LogP contribution in [0.5, 0.6) is 0 Å². The minimum absolute atomic E-state index is 0.405. The Morgan fingerprint density at radius 2 is 2.27 bits per heavy atom. The lowest BCUT2D eigenvalue weighted by molar-refractivity contribution is 0.555. The first-order valence-corrected chi connectivity index (χ1v) is 4.42. The minimum atomic E-state index is 0.405. The number of benzene rings is 1. The van der Waals surface area contributed by atoms with Crippen molar-refractivity contribution in [3.05, 3.63) is 32.9 Å². The first-order valence-electron chi connectivity index (χ1n) is 3.34. The third-order valence-corrected chi connectivity index (χ3v) is 2.24. The van der Waals surface area contributed by atoms with Gasteiger partial charge in [-0.25, -0.2) is 0 Å². The molecule has 1 rings (SSSR count). The van der Waals surface area contributed by atoms with Crippen molar-refractivity contribution in [3.63, 3.8) is 0 Å². The largest absolute Gasteiger partial charge is 0.291 e. The average molecular weight is 259 g/mol. The van der Waals surface area contributed by atoms with Gasteiger partial charge in [-0.05, 0) is 52.8 Å². The fraction of sp³-hybridized carbons (Fsp3) is 0.222. The predicted molar refractivity (Wildman–Crippen MR) is 53.3 cm³/mol. The van der Waals surface area contributed by atoms with Crippen LogP contribution in [0.1, 0.15) is 11.1 Å². The molecule has 11 heavy (non-hydrogen) atoms. The van der Waals surface area contributed by atoms with Crippen molar-refractivity contribution in [2.45, 2.75) is 13.3 Å². The van der Waals surface area contributed by atoms with Gasteiger partial charge in [0.2, 0.25) is 6.29 Å². The summed E-state index contributed by atoms with van der Waals surface area (Å²) in [5.74, 6) is 0. The fourth-order valence-corrected chi connectivity index (χ4v) is 1.46. The smallest absolute Gasteiger partial charge is 0.203 e. The molecule has 0 aliphatic rings. The summed E-state index contributed by atoms with van der Waals surface area (Å²) in [5.41, 5.74) is 2.24. The first-order chi connectivity index (χ1) is 5.24. The molecule has 0 saturated carbocycles. The summed E-state index contributed by atoms with van der Waals surface area (Å²) < 4.78 is 1.17. The number of carbonyl (C=O) groups excluding carboxylic acids is 1. The zero-order chi connectivity index (χ0) is 8.27. The summed E-state index contributed by atoms with van der Waals surface area (Å²) >= 11 is 2.23. The lowest BCUT2D eigenvalue weighted by atomic mass is 10.1. The number of aryl methyl sites for hydroxylation is 1. The van der Waals surface area contributed by atoms with Gasteiger partial charge in [-0.15, -0.1) is 0 Å². The molecule has 0 saturated heterocycles. The second-order valence-corrected chi connectivity index (χ2v) is 3.64. The highest BCUT2D eigenvalue weighted by Gasteiger charge is 1.97. The van der Waals surface area contributed by atoms with Crippen LogP contribution in [0.15, 0.2) is 18.2 Å². The van der Waals surface area contributed by atoms with Gasteiger partial charge in [-0.2, -0.15) is 0 Å². The lowest BCUT2D eigenvalue weighted by Gasteiger charge is -2.00. The second-order valence-electron chi connectivity index (χ2n) is 2.39. The minimum Gasteiger partial charge on any atom is -0.291 e.